The molecule has 3 aromatic rings. The van der Waals surface area contributed by atoms with E-state index < -0.39 is 0 Å². The second-order valence-corrected chi connectivity index (χ2v) is 5.21. The predicted octanol–water partition coefficient (Wildman–Crippen LogP) is 4.45. The zero-order valence-electron chi connectivity index (χ0n) is 12.0. The van der Waals surface area contributed by atoms with E-state index in [-0.39, 0.29) is 5.78 Å². The first kappa shape index (κ1) is 12.7. The molecule has 2 aromatic carbocycles. The fourth-order valence-corrected chi connectivity index (χ4v) is 2.83. The first-order chi connectivity index (χ1) is 9.58. The van der Waals surface area contributed by atoms with Gasteiger partial charge in [0.25, 0.3) is 0 Å². The van der Waals surface area contributed by atoms with E-state index in [0.29, 0.717) is 0 Å². The van der Waals surface area contributed by atoms with Crippen LogP contribution in [0.25, 0.3) is 16.5 Å². The lowest BCUT2D eigenvalue weighted by molar-refractivity contribution is 0.101. The number of rotatable bonds is 2. The fraction of sp³-hybridized carbons (Fsp3) is 0.167. The maximum atomic E-state index is 11.7. The predicted molar refractivity (Wildman–Crippen MR) is 82.8 cm³/mol. The molecular weight excluding hydrogens is 246 g/mol. The van der Waals surface area contributed by atoms with Gasteiger partial charge in [-0.2, -0.15) is 0 Å². The van der Waals surface area contributed by atoms with Crippen molar-refractivity contribution < 1.29 is 4.79 Å². The molecule has 0 unspecified atom stereocenters. The Morgan fingerprint density at radius 3 is 2.30 bits per heavy atom. The van der Waals surface area contributed by atoms with E-state index in [9.17, 15) is 4.79 Å². The van der Waals surface area contributed by atoms with Gasteiger partial charge in [-0.15, -0.1) is 0 Å². The summed E-state index contributed by atoms with van der Waals surface area (Å²) in [7, 11) is 0. The molecule has 1 heterocycles. The lowest BCUT2D eigenvalue weighted by atomic mass is 10.1. The Bertz CT molecular complexity index is 811. The zero-order valence-corrected chi connectivity index (χ0v) is 12.0. The maximum Gasteiger partial charge on any atom is 0.161 e. The molecule has 0 spiro atoms. The van der Waals surface area contributed by atoms with Crippen LogP contribution in [0.1, 0.15) is 28.7 Å². The van der Waals surface area contributed by atoms with E-state index >= 15 is 0 Å². The summed E-state index contributed by atoms with van der Waals surface area (Å²) in [5.74, 6) is 0.116. The number of aromatic nitrogens is 1. The monoisotopic (exact) mass is 263 g/mol. The van der Waals surface area contributed by atoms with E-state index in [1.54, 1.807) is 6.92 Å². The molecule has 0 fully saturated rings. The average molecular weight is 263 g/mol. The van der Waals surface area contributed by atoms with Crippen LogP contribution in [0.4, 0.5) is 0 Å². The van der Waals surface area contributed by atoms with Gasteiger partial charge in [-0.1, -0.05) is 30.3 Å². The summed E-state index contributed by atoms with van der Waals surface area (Å²) in [6.07, 6.45) is 0. The van der Waals surface area contributed by atoms with Gasteiger partial charge in [-0.05, 0) is 49.7 Å². The number of ketones is 1. The summed E-state index contributed by atoms with van der Waals surface area (Å²) in [6.45, 7) is 5.65. The molecule has 3 rings (SSSR count). The van der Waals surface area contributed by atoms with Crippen molar-refractivity contribution in [3.05, 3.63) is 65.5 Å². The van der Waals surface area contributed by atoms with E-state index in [1.807, 2.05) is 32.0 Å². The van der Waals surface area contributed by atoms with E-state index in [4.69, 9.17) is 0 Å². The normalized spacial score (nSPS) is 10.9. The van der Waals surface area contributed by atoms with Gasteiger partial charge in [0.15, 0.2) is 5.78 Å². The van der Waals surface area contributed by atoms with Gasteiger partial charge in [-0.25, -0.2) is 0 Å². The Morgan fingerprint density at radius 1 is 0.950 bits per heavy atom. The summed E-state index contributed by atoms with van der Waals surface area (Å²) < 4.78 is 2.14. The molecule has 2 nitrogen and oxygen atoms in total. The van der Waals surface area contributed by atoms with Gasteiger partial charge in [0, 0.05) is 22.6 Å². The van der Waals surface area contributed by atoms with Crippen molar-refractivity contribution in [3.63, 3.8) is 0 Å². The van der Waals surface area contributed by atoms with Gasteiger partial charge < -0.3 is 4.57 Å². The Labute approximate surface area is 118 Å². The van der Waals surface area contributed by atoms with E-state index in [2.05, 4.69) is 34.9 Å². The average Bonchev–Trinajstić information content (AvgIpc) is 2.74. The van der Waals surface area contributed by atoms with Gasteiger partial charge in [0.05, 0.1) is 0 Å². The smallest absolute Gasteiger partial charge is 0.161 e. The molecular formula is C18H17NO. The van der Waals surface area contributed by atoms with Crippen molar-refractivity contribution >= 4 is 16.6 Å². The molecule has 0 amide bonds. The largest absolute Gasteiger partial charge is 0.318 e. The maximum absolute atomic E-state index is 11.7. The lowest BCUT2D eigenvalue weighted by Crippen LogP contribution is -2.01. The van der Waals surface area contributed by atoms with Crippen LogP contribution in [0.3, 0.4) is 0 Å². The van der Waals surface area contributed by atoms with Crippen LogP contribution >= 0.6 is 0 Å². The number of benzene rings is 2. The number of hydrogen-bond acceptors (Lipinski definition) is 1. The van der Waals surface area contributed by atoms with E-state index in [0.717, 1.165) is 22.6 Å². The van der Waals surface area contributed by atoms with Gasteiger partial charge in [0.1, 0.15) is 0 Å². The van der Waals surface area contributed by atoms with Crippen LogP contribution < -0.4 is 0 Å². The van der Waals surface area contributed by atoms with Crippen molar-refractivity contribution in [2.45, 2.75) is 20.8 Å². The molecule has 0 aliphatic heterocycles. The number of carbonyl (C=O) groups excluding carboxylic acids is 1. The van der Waals surface area contributed by atoms with Crippen molar-refractivity contribution in [2.75, 3.05) is 0 Å². The van der Waals surface area contributed by atoms with Crippen molar-refractivity contribution in [1.29, 1.82) is 0 Å². The minimum atomic E-state index is 0.116. The van der Waals surface area contributed by atoms with Crippen LogP contribution in [0.5, 0.6) is 0 Å². The Hall–Kier alpha value is -2.35. The van der Waals surface area contributed by atoms with Crippen molar-refractivity contribution in [2.24, 2.45) is 0 Å². The van der Waals surface area contributed by atoms with Crippen LogP contribution in [0, 0.1) is 13.8 Å². The number of aryl methyl sites for hydroxylation is 1. The number of fused-ring (bicyclic) bond motifs is 1. The molecule has 0 saturated heterocycles. The highest BCUT2D eigenvalue weighted by atomic mass is 16.1. The molecule has 2 heteroatoms. The third-order valence-corrected chi connectivity index (χ3v) is 3.80. The molecule has 0 N–H and O–H groups in total. The third kappa shape index (κ3) is 1.94. The molecule has 0 bridgehead atoms. The van der Waals surface area contributed by atoms with Gasteiger partial charge >= 0.3 is 0 Å². The highest BCUT2D eigenvalue weighted by molar-refractivity contribution is 5.96. The molecule has 0 saturated carbocycles. The van der Waals surface area contributed by atoms with Gasteiger partial charge in [0.2, 0.25) is 0 Å². The highest BCUT2D eigenvalue weighted by Crippen LogP contribution is 2.24. The lowest BCUT2D eigenvalue weighted by Gasteiger charge is -2.11. The zero-order chi connectivity index (χ0) is 14.3. The molecule has 0 radical (unpaired) electrons. The van der Waals surface area contributed by atoms with Crippen molar-refractivity contribution in [3.8, 4) is 5.69 Å². The molecule has 0 aliphatic carbocycles. The summed E-state index contributed by atoms with van der Waals surface area (Å²) in [4.78, 5) is 11.7. The highest BCUT2D eigenvalue weighted by Gasteiger charge is 2.13. The quantitative estimate of drug-likeness (QED) is 0.626. The van der Waals surface area contributed by atoms with Crippen LogP contribution in [0.15, 0.2) is 48.5 Å². The number of carbonyl (C=O) groups is 1. The molecule has 1 aromatic heterocycles. The Balaban J connectivity index is 2.23. The number of Topliss-reactive ketones (excluding diaryl/α,β-unsaturated/α-hetero) is 1. The fourth-order valence-electron chi connectivity index (χ4n) is 2.83. The van der Waals surface area contributed by atoms with Gasteiger partial charge in [-0.3, -0.25) is 4.79 Å². The second-order valence-electron chi connectivity index (χ2n) is 5.21. The van der Waals surface area contributed by atoms with Crippen molar-refractivity contribution in [1.82, 2.24) is 4.57 Å². The summed E-state index contributed by atoms with van der Waals surface area (Å²) in [6, 6.07) is 16.7. The topological polar surface area (TPSA) is 22.0 Å². The van der Waals surface area contributed by atoms with E-state index in [1.165, 1.54) is 10.8 Å². The molecule has 100 valence electrons. The Kier molecular flexibility index (Phi) is 2.94. The SMILES string of the molecule is CC(=O)c1cc(C)n(-c2ccc3ccccc3c2)c1C. The van der Waals surface area contributed by atoms with Crippen LogP contribution in [0.2, 0.25) is 0 Å². The summed E-state index contributed by atoms with van der Waals surface area (Å²) >= 11 is 0. The minimum Gasteiger partial charge on any atom is -0.318 e. The molecule has 0 aliphatic rings. The standard InChI is InChI=1S/C18H17NO/c1-12-10-18(14(3)20)13(2)19(12)17-9-8-15-6-4-5-7-16(15)11-17/h4-11H,1-3H3. The minimum absolute atomic E-state index is 0.116. The number of hydrogen-bond donors (Lipinski definition) is 0. The Morgan fingerprint density at radius 2 is 1.65 bits per heavy atom. The summed E-state index contributed by atoms with van der Waals surface area (Å²) in [5.41, 5.74) is 4.00. The molecule has 20 heavy (non-hydrogen) atoms. The third-order valence-electron chi connectivity index (χ3n) is 3.80. The first-order valence-electron chi connectivity index (χ1n) is 6.77. The van der Waals surface area contributed by atoms with Crippen LogP contribution in [-0.2, 0) is 0 Å². The second kappa shape index (κ2) is 4.64. The molecule has 0 atom stereocenters. The first-order valence-corrected chi connectivity index (χ1v) is 6.77. The van der Waals surface area contributed by atoms with Crippen LogP contribution in [-0.4, -0.2) is 10.4 Å². The summed E-state index contributed by atoms with van der Waals surface area (Å²) in [5, 5.41) is 2.44. The number of nitrogens with zero attached hydrogens (tertiary/aromatic N) is 1.